The van der Waals surface area contributed by atoms with Crippen molar-refractivity contribution < 1.29 is 22.7 Å². The summed E-state index contributed by atoms with van der Waals surface area (Å²) < 4.78 is 32.6. The highest BCUT2D eigenvalue weighted by molar-refractivity contribution is 7.89. The molecular weight excluding hydrogens is 380 g/mol. The predicted octanol–water partition coefficient (Wildman–Crippen LogP) is 1.95. The second-order valence-electron chi connectivity index (χ2n) is 7.74. The van der Waals surface area contributed by atoms with Crippen molar-refractivity contribution in [1.29, 1.82) is 0 Å². The van der Waals surface area contributed by atoms with Gasteiger partial charge in [0.2, 0.25) is 15.9 Å². The van der Waals surface area contributed by atoms with Crippen molar-refractivity contribution in [3.05, 3.63) is 23.8 Å². The normalized spacial score (nSPS) is 20.8. The minimum absolute atomic E-state index is 0.148. The standard InChI is InChI=1S/C20H26N2O5S/c1-2-27-20(24)15-7-10-21(11-8-15)28(25,26)17-5-6-18-16(13-17)9-12-22(18)19(23)14-3-4-14/h5-6,13-15H,2-4,7-12H2,1H3. The van der Waals surface area contributed by atoms with Gasteiger partial charge in [-0.15, -0.1) is 0 Å². The number of ether oxygens (including phenoxy) is 1. The second kappa shape index (κ2) is 7.48. The van der Waals surface area contributed by atoms with E-state index < -0.39 is 10.0 Å². The fourth-order valence-corrected chi connectivity index (χ4v) is 5.58. The average Bonchev–Trinajstić information content (AvgIpc) is 3.46. The first-order valence-corrected chi connectivity index (χ1v) is 11.5. The first-order valence-electron chi connectivity index (χ1n) is 10.0. The van der Waals surface area contributed by atoms with Crippen LogP contribution in [0.3, 0.4) is 0 Å². The van der Waals surface area contributed by atoms with Crippen LogP contribution in [0, 0.1) is 11.8 Å². The van der Waals surface area contributed by atoms with Crippen LogP contribution < -0.4 is 4.90 Å². The molecule has 0 unspecified atom stereocenters. The van der Waals surface area contributed by atoms with Crippen molar-refractivity contribution >= 4 is 27.6 Å². The number of rotatable bonds is 5. The van der Waals surface area contributed by atoms with E-state index in [1.165, 1.54) is 4.31 Å². The summed E-state index contributed by atoms with van der Waals surface area (Å²) in [6.45, 7) is 3.36. The van der Waals surface area contributed by atoms with Crippen molar-refractivity contribution in [2.24, 2.45) is 11.8 Å². The zero-order valence-corrected chi connectivity index (χ0v) is 16.9. The molecule has 8 heteroatoms. The zero-order chi connectivity index (χ0) is 19.9. The molecule has 1 amide bonds. The first kappa shape index (κ1) is 19.4. The van der Waals surface area contributed by atoms with Gasteiger partial charge in [0.1, 0.15) is 0 Å². The van der Waals surface area contributed by atoms with Gasteiger partial charge in [0.05, 0.1) is 17.4 Å². The van der Waals surface area contributed by atoms with Crippen LogP contribution in [0.25, 0.3) is 0 Å². The number of benzene rings is 1. The molecule has 3 aliphatic rings. The van der Waals surface area contributed by atoms with E-state index in [9.17, 15) is 18.0 Å². The lowest BCUT2D eigenvalue weighted by Crippen LogP contribution is -2.40. The van der Waals surface area contributed by atoms with Crippen LogP contribution in [0.2, 0.25) is 0 Å². The summed E-state index contributed by atoms with van der Waals surface area (Å²) in [4.78, 5) is 26.3. The molecule has 0 atom stereocenters. The molecule has 0 radical (unpaired) electrons. The van der Waals surface area contributed by atoms with Gasteiger partial charge in [-0.3, -0.25) is 9.59 Å². The summed E-state index contributed by atoms with van der Waals surface area (Å²) in [5.74, 6) is -0.156. The van der Waals surface area contributed by atoms with E-state index in [0.717, 1.165) is 24.1 Å². The molecule has 7 nitrogen and oxygen atoms in total. The minimum Gasteiger partial charge on any atom is -0.466 e. The molecule has 1 saturated carbocycles. The molecule has 1 aliphatic carbocycles. The Morgan fingerprint density at radius 2 is 1.79 bits per heavy atom. The van der Waals surface area contributed by atoms with Crippen LogP contribution in [-0.4, -0.2) is 50.8 Å². The van der Waals surface area contributed by atoms with Crippen molar-refractivity contribution in [3.8, 4) is 0 Å². The lowest BCUT2D eigenvalue weighted by molar-refractivity contribution is -0.149. The first-order chi connectivity index (χ1) is 13.4. The van der Waals surface area contributed by atoms with E-state index in [0.29, 0.717) is 45.5 Å². The lowest BCUT2D eigenvalue weighted by Gasteiger charge is -2.30. The van der Waals surface area contributed by atoms with Gasteiger partial charge in [-0.05, 0) is 62.8 Å². The van der Waals surface area contributed by atoms with E-state index >= 15 is 0 Å². The van der Waals surface area contributed by atoms with Gasteiger partial charge < -0.3 is 9.64 Å². The molecule has 2 fully saturated rings. The third kappa shape index (κ3) is 3.55. The van der Waals surface area contributed by atoms with Crippen LogP contribution in [-0.2, 0) is 30.8 Å². The van der Waals surface area contributed by atoms with Crippen LogP contribution >= 0.6 is 0 Å². The van der Waals surface area contributed by atoms with Crippen molar-refractivity contribution in [2.75, 3.05) is 31.1 Å². The van der Waals surface area contributed by atoms with Gasteiger partial charge in [0.25, 0.3) is 0 Å². The van der Waals surface area contributed by atoms with Crippen LogP contribution in [0.5, 0.6) is 0 Å². The number of nitrogens with zero attached hydrogens (tertiary/aromatic N) is 2. The molecule has 152 valence electrons. The number of hydrogen-bond acceptors (Lipinski definition) is 5. The molecule has 0 N–H and O–H groups in total. The van der Waals surface area contributed by atoms with Gasteiger partial charge in [-0.1, -0.05) is 0 Å². The highest BCUT2D eigenvalue weighted by atomic mass is 32.2. The maximum absolute atomic E-state index is 13.1. The van der Waals surface area contributed by atoms with Crippen LogP contribution in [0.15, 0.2) is 23.1 Å². The second-order valence-corrected chi connectivity index (χ2v) is 9.67. The molecule has 2 heterocycles. The van der Waals surface area contributed by atoms with Gasteiger partial charge in [0.15, 0.2) is 0 Å². The Morgan fingerprint density at radius 3 is 2.43 bits per heavy atom. The number of carbonyl (C=O) groups is 2. The van der Waals surface area contributed by atoms with Gasteiger partial charge >= 0.3 is 5.97 Å². The quantitative estimate of drug-likeness (QED) is 0.698. The average molecular weight is 407 g/mol. The molecule has 0 bridgehead atoms. The Hall–Kier alpha value is -1.93. The Bertz CT molecular complexity index is 886. The van der Waals surface area contributed by atoms with Gasteiger partial charge in [0, 0.05) is 31.2 Å². The fourth-order valence-electron chi connectivity index (χ4n) is 4.06. The van der Waals surface area contributed by atoms with Crippen LogP contribution in [0.1, 0.15) is 38.2 Å². The summed E-state index contributed by atoms with van der Waals surface area (Å²) >= 11 is 0. The van der Waals surface area contributed by atoms with E-state index in [1.807, 2.05) is 0 Å². The Morgan fingerprint density at radius 1 is 1.07 bits per heavy atom. The summed E-state index contributed by atoms with van der Waals surface area (Å²) in [5, 5.41) is 0. The topological polar surface area (TPSA) is 84.0 Å². The molecule has 2 aliphatic heterocycles. The molecule has 1 saturated heterocycles. The number of sulfonamides is 1. The number of esters is 1. The number of piperidine rings is 1. The number of carbonyl (C=O) groups excluding carboxylic acids is 2. The third-order valence-electron chi connectivity index (χ3n) is 5.85. The molecule has 28 heavy (non-hydrogen) atoms. The minimum atomic E-state index is -3.61. The number of hydrogen-bond donors (Lipinski definition) is 0. The van der Waals surface area contributed by atoms with Crippen LogP contribution in [0.4, 0.5) is 5.69 Å². The molecular formula is C20H26N2O5S. The summed E-state index contributed by atoms with van der Waals surface area (Å²) in [7, 11) is -3.61. The monoisotopic (exact) mass is 406 g/mol. The molecule has 1 aromatic carbocycles. The maximum atomic E-state index is 13.1. The molecule has 0 spiro atoms. The van der Waals surface area contributed by atoms with E-state index in [-0.39, 0.29) is 28.6 Å². The van der Waals surface area contributed by atoms with E-state index in [4.69, 9.17) is 4.74 Å². The van der Waals surface area contributed by atoms with Gasteiger partial charge in [-0.25, -0.2) is 8.42 Å². The Kier molecular flexibility index (Phi) is 5.18. The number of amides is 1. The van der Waals surface area contributed by atoms with Gasteiger partial charge in [-0.2, -0.15) is 4.31 Å². The molecule has 1 aromatic rings. The summed E-state index contributed by atoms with van der Waals surface area (Å²) in [6, 6.07) is 5.08. The number of anilines is 1. The lowest BCUT2D eigenvalue weighted by atomic mass is 9.98. The Labute approximate surface area is 165 Å². The van der Waals surface area contributed by atoms with Crippen molar-refractivity contribution in [3.63, 3.8) is 0 Å². The molecule has 4 rings (SSSR count). The fraction of sp³-hybridized carbons (Fsp3) is 0.600. The largest absolute Gasteiger partial charge is 0.466 e. The SMILES string of the molecule is CCOC(=O)C1CCN(S(=O)(=O)c2ccc3c(c2)CCN3C(=O)C2CC2)CC1. The number of fused-ring (bicyclic) bond motifs is 1. The van der Waals surface area contributed by atoms with Crippen molar-refractivity contribution in [1.82, 2.24) is 4.31 Å². The van der Waals surface area contributed by atoms with Crippen molar-refractivity contribution in [2.45, 2.75) is 43.9 Å². The van der Waals surface area contributed by atoms with E-state index in [2.05, 4.69) is 0 Å². The highest BCUT2D eigenvalue weighted by Crippen LogP contribution is 2.37. The maximum Gasteiger partial charge on any atom is 0.309 e. The Balaban J connectivity index is 1.47. The molecule has 0 aromatic heterocycles. The highest BCUT2D eigenvalue weighted by Gasteiger charge is 2.37. The summed E-state index contributed by atoms with van der Waals surface area (Å²) in [6.07, 6.45) is 3.55. The third-order valence-corrected chi connectivity index (χ3v) is 7.75. The summed E-state index contributed by atoms with van der Waals surface area (Å²) in [5.41, 5.74) is 1.76. The smallest absolute Gasteiger partial charge is 0.309 e. The zero-order valence-electron chi connectivity index (χ0n) is 16.1. The predicted molar refractivity (Wildman–Crippen MR) is 103 cm³/mol. The van der Waals surface area contributed by atoms with E-state index in [1.54, 1.807) is 30.0 Å².